The molecular weight excluding hydrogens is 347 g/mol. The molecule has 1 aromatic carbocycles. The van der Waals surface area contributed by atoms with E-state index in [4.69, 9.17) is 20.8 Å². The molecule has 18 heavy (non-hydrogen) atoms. The SMILES string of the molecule is CCCC(Oc1c(N)cc(C#N)cc1I)C(=O)O. The first-order chi connectivity index (χ1) is 8.49. The van der Waals surface area contributed by atoms with Gasteiger partial charge in [0.2, 0.25) is 0 Å². The second kappa shape index (κ2) is 6.44. The molecule has 0 amide bonds. The van der Waals surface area contributed by atoms with Crippen molar-refractivity contribution in [3.8, 4) is 11.8 Å². The minimum Gasteiger partial charge on any atom is -0.479 e. The molecule has 5 nitrogen and oxygen atoms in total. The van der Waals surface area contributed by atoms with Crippen LogP contribution in [0.5, 0.6) is 5.75 Å². The number of nitrogen functional groups attached to an aromatic ring is 1. The van der Waals surface area contributed by atoms with Crippen LogP contribution in [0.4, 0.5) is 5.69 Å². The van der Waals surface area contributed by atoms with E-state index >= 15 is 0 Å². The molecule has 1 unspecified atom stereocenters. The van der Waals surface area contributed by atoms with Crippen LogP contribution in [0.2, 0.25) is 0 Å². The third-order valence-corrected chi connectivity index (χ3v) is 3.09. The number of anilines is 1. The van der Waals surface area contributed by atoms with Crippen LogP contribution in [0, 0.1) is 14.9 Å². The van der Waals surface area contributed by atoms with E-state index in [2.05, 4.69) is 0 Å². The molecule has 0 heterocycles. The Labute approximate surface area is 119 Å². The maximum absolute atomic E-state index is 11.0. The van der Waals surface area contributed by atoms with Gasteiger partial charge in [-0.2, -0.15) is 5.26 Å². The van der Waals surface area contributed by atoms with Gasteiger partial charge in [0.05, 0.1) is 20.9 Å². The number of carboxylic acids is 1. The number of aliphatic carboxylic acids is 1. The number of carbonyl (C=O) groups is 1. The minimum absolute atomic E-state index is 0.279. The molecule has 0 aliphatic rings. The van der Waals surface area contributed by atoms with Crippen molar-refractivity contribution in [2.24, 2.45) is 0 Å². The van der Waals surface area contributed by atoms with E-state index in [1.807, 2.05) is 35.6 Å². The predicted molar refractivity (Wildman–Crippen MR) is 75.2 cm³/mol. The van der Waals surface area contributed by atoms with Crippen molar-refractivity contribution in [1.82, 2.24) is 0 Å². The highest BCUT2D eigenvalue weighted by Crippen LogP contribution is 2.31. The Hall–Kier alpha value is -1.49. The van der Waals surface area contributed by atoms with Crippen molar-refractivity contribution >= 4 is 34.2 Å². The number of rotatable bonds is 5. The molecule has 0 aliphatic heterocycles. The zero-order valence-electron chi connectivity index (χ0n) is 9.81. The summed E-state index contributed by atoms with van der Waals surface area (Å²) in [6.07, 6.45) is 0.188. The summed E-state index contributed by atoms with van der Waals surface area (Å²) in [6.45, 7) is 1.88. The maximum Gasteiger partial charge on any atom is 0.344 e. The monoisotopic (exact) mass is 360 g/mol. The highest BCUT2D eigenvalue weighted by molar-refractivity contribution is 14.1. The molecule has 0 aromatic heterocycles. The van der Waals surface area contributed by atoms with Crippen molar-refractivity contribution < 1.29 is 14.6 Å². The van der Waals surface area contributed by atoms with E-state index in [-0.39, 0.29) is 5.69 Å². The summed E-state index contributed by atoms with van der Waals surface area (Å²) < 4.78 is 6.07. The molecule has 1 atom stereocenters. The minimum atomic E-state index is -1.02. The van der Waals surface area contributed by atoms with Gasteiger partial charge in [-0.25, -0.2) is 4.79 Å². The number of halogens is 1. The van der Waals surface area contributed by atoms with Gasteiger partial charge in [-0.15, -0.1) is 0 Å². The van der Waals surface area contributed by atoms with Crippen LogP contribution in [0.1, 0.15) is 25.3 Å². The molecule has 1 aromatic rings. The first-order valence-electron chi connectivity index (χ1n) is 5.38. The lowest BCUT2D eigenvalue weighted by Gasteiger charge is -2.17. The molecule has 0 spiro atoms. The number of hydrogen-bond donors (Lipinski definition) is 2. The zero-order valence-corrected chi connectivity index (χ0v) is 12.0. The largest absolute Gasteiger partial charge is 0.479 e. The van der Waals surface area contributed by atoms with Crippen LogP contribution in [-0.2, 0) is 4.79 Å². The highest BCUT2D eigenvalue weighted by atomic mass is 127. The molecule has 0 radical (unpaired) electrons. The van der Waals surface area contributed by atoms with Crippen LogP contribution in [-0.4, -0.2) is 17.2 Å². The summed E-state index contributed by atoms with van der Waals surface area (Å²) in [5.41, 5.74) is 6.47. The average molecular weight is 360 g/mol. The standard InChI is InChI=1S/C12H13IN2O3/c1-2-3-10(12(16)17)18-11-8(13)4-7(6-14)5-9(11)15/h4-5,10H,2-3,15H2,1H3,(H,16,17). The summed E-state index contributed by atoms with van der Waals surface area (Å²) in [7, 11) is 0. The van der Waals surface area contributed by atoms with E-state index in [1.165, 1.54) is 6.07 Å². The van der Waals surface area contributed by atoms with Crippen molar-refractivity contribution in [2.75, 3.05) is 5.73 Å². The summed E-state index contributed by atoms with van der Waals surface area (Å²) >= 11 is 1.97. The predicted octanol–water partition coefficient (Wildman–Crippen LogP) is 2.38. The van der Waals surface area contributed by atoms with E-state index in [0.29, 0.717) is 27.7 Å². The summed E-state index contributed by atoms with van der Waals surface area (Å²) in [4.78, 5) is 11.0. The van der Waals surface area contributed by atoms with Gasteiger partial charge in [-0.3, -0.25) is 0 Å². The van der Waals surface area contributed by atoms with E-state index < -0.39 is 12.1 Å². The van der Waals surface area contributed by atoms with Crippen LogP contribution < -0.4 is 10.5 Å². The Morgan fingerprint density at radius 1 is 1.67 bits per heavy atom. The molecule has 6 heteroatoms. The zero-order chi connectivity index (χ0) is 13.7. The quantitative estimate of drug-likeness (QED) is 0.621. The molecule has 0 fully saturated rings. The molecule has 0 aliphatic carbocycles. The fourth-order valence-corrected chi connectivity index (χ4v) is 2.21. The van der Waals surface area contributed by atoms with Gasteiger partial charge in [0.15, 0.2) is 11.9 Å². The van der Waals surface area contributed by atoms with E-state index in [9.17, 15) is 4.79 Å². The number of nitrogens with zero attached hydrogens (tertiary/aromatic N) is 1. The number of ether oxygens (including phenoxy) is 1. The summed E-state index contributed by atoms with van der Waals surface area (Å²) in [5, 5.41) is 17.8. The lowest BCUT2D eigenvalue weighted by molar-refractivity contribution is -0.145. The smallest absolute Gasteiger partial charge is 0.344 e. The Bertz CT molecular complexity index is 474. The first kappa shape index (κ1) is 14.6. The van der Waals surface area contributed by atoms with Crippen molar-refractivity contribution in [2.45, 2.75) is 25.9 Å². The molecule has 3 N–H and O–H groups in total. The summed E-state index contributed by atoms with van der Waals surface area (Å²) in [6, 6.07) is 5.06. The number of nitriles is 1. The molecule has 0 bridgehead atoms. The fourth-order valence-electron chi connectivity index (χ4n) is 1.44. The maximum atomic E-state index is 11.0. The van der Waals surface area contributed by atoms with Gasteiger partial charge in [0.25, 0.3) is 0 Å². The van der Waals surface area contributed by atoms with Gasteiger partial charge < -0.3 is 15.6 Å². The summed E-state index contributed by atoms with van der Waals surface area (Å²) in [5.74, 6) is -0.688. The Morgan fingerprint density at radius 2 is 2.33 bits per heavy atom. The highest BCUT2D eigenvalue weighted by Gasteiger charge is 2.21. The van der Waals surface area contributed by atoms with Gasteiger partial charge in [-0.1, -0.05) is 13.3 Å². The lowest BCUT2D eigenvalue weighted by atomic mass is 10.2. The van der Waals surface area contributed by atoms with Crippen LogP contribution in [0.3, 0.4) is 0 Å². The van der Waals surface area contributed by atoms with Crippen molar-refractivity contribution in [3.05, 3.63) is 21.3 Å². The van der Waals surface area contributed by atoms with E-state index in [1.54, 1.807) is 6.07 Å². The van der Waals surface area contributed by atoms with Crippen molar-refractivity contribution in [1.29, 1.82) is 5.26 Å². The fraction of sp³-hybridized carbons (Fsp3) is 0.333. The lowest BCUT2D eigenvalue weighted by Crippen LogP contribution is -2.27. The number of carboxylic acid groups (broad SMARTS) is 1. The number of benzene rings is 1. The third kappa shape index (κ3) is 3.50. The molecule has 96 valence electrons. The molecular formula is C12H13IN2O3. The Balaban J connectivity index is 3.03. The first-order valence-corrected chi connectivity index (χ1v) is 6.46. The van der Waals surface area contributed by atoms with Crippen LogP contribution in [0.25, 0.3) is 0 Å². The molecule has 0 saturated heterocycles. The topological polar surface area (TPSA) is 96.3 Å². The normalized spacial score (nSPS) is 11.6. The molecule has 0 saturated carbocycles. The average Bonchev–Trinajstić information content (AvgIpc) is 2.31. The van der Waals surface area contributed by atoms with Crippen LogP contribution >= 0.6 is 22.6 Å². The van der Waals surface area contributed by atoms with Crippen LogP contribution in [0.15, 0.2) is 12.1 Å². The number of hydrogen-bond acceptors (Lipinski definition) is 4. The van der Waals surface area contributed by atoms with Gasteiger partial charge >= 0.3 is 5.97 Å². The van der Waals surface area contributed by atoms with Gasteiger partial charge in [-0.05, 0) is 41.1 Å². The van der Waals surface area contributed by atoms with Crippen molar-refractivity contribution in [3.63, 3.8) is 0 Å². The number of nitrogens with two attached hydrogens (primary N) is 1. The van der Waals surface area contributed by atoms with E-state index in [0.717, 1.165) is 0 Å². The molecule has 1 rings (SSSR count). The van der Waals surface area contributed by atoms with Gasteiger partial charge in [0.1, 0.15) is 0 Å². The second-order valence-electron chi connectivity index (χ2n) is 3.72. The second-order valence-corrected chi connectivity index (χ2v) is 4.88. The van der Waals surface area contributed by atoms with Gasteiger partial charge in [0, 0.05) is 0 Å². The third-order valence-electron chi connectivity index (χ3n) is 2.29. The Kier molecular flexibility index (Phi) is 5.22. The Morgan fingerprint density at radius 3 is 2.78 bits per heavy atom.